The van der Waals surface area contributed by atoms with E-state index in [4.69, 9.17) is 27.9 Å². The number of para-hydroxylation sites is 1. The number of rotatable bonds is 6. The normalized spacial score (nSPS) is 11.0. The van der Waals surface area contributed by atoms with Gasteiger partial charge in [0.1, 0.15) is 10.7 Å². The minimum Gasteiger partial charge on any atom is -0.454 e. The summed E-state index contributed by atoms with van der Waals surface area (Å²) in [6.07, 6.45) is 1.61. The van der Waals surface area contributed by atoms with Crippen molar-refractivity contribution in [1.29, 1.82) is 0 Å². The Balaban J connectivity index is 1.49. The fourth-order valence-electron chi connectivity index (χ4n) is 3.26. The van der Waals surface area contributed by atoms with Crippen molar-refractivity contribution in [2.45, 2.75) is 13.5 Å². The van der Waals surface area contributed by atoms with Crippen molar-refractivity contribution in [2.24, 2.45) is 0 Å². The summed E-state index contributed by atoms with van der Waals surface area (Å²) in [5, 5.41) is 5.81. The molecule has 0 saturated heterocycles. The molecule has 0 aliphatic heterocycles. The fourth-order valence-corrected chi connectivity index (χ4v) is 3.77. The van der Waals surface area contributed by atoms with Crippen LogP contribution in [-0.2, 0) is 11.3 Å². The van der Waals surface area contributed by atoms with Gasteiger partial charge in [-0.3, -0.25) is 4.79 Å². The number of Topliss-reactive ketones (excluding diaryl/α,β-unsaturated/α-hetero) is 1. The van der Waals surface area contributed by atoms with Gasteiger partial charge >= 0.3 is 5.97 Å². The number of hydrogen-bond donors (Lipinski definition) is 1. The zero-order valence-electron chi connectivity index (χ0n) is 16.0. The largest absolute Gasteiger partial charge is 0.454 e. The summed E-state index contributed by atoms with van der Waals surface area (Å²) in [6.45, 7) is 1.57. The molecule has 2 heterocycles. The van der Waals surface area contributed by atoms with Crippen LogP contribution >= 0.6 is 23.2 Å². The number of carbonyl (C=O) groups excluding carboxylic acids is 2. The van der Waals surface area contributed by atoms with Crippen LogP contribution in [0, 0.1) is 6.92 Å². The molecule has 0 unspecified atom stereocenters. The van der Waals surface area contributed by atoms with E-state index in [-0.39, 0.29) is 16.5 Å². The third-order valence-electron chi connectivity index (χ3n) is 4.77. The predicted molar refractivity (Wildman–Crippen MR) is 115 cm³/mol. The number of ketones is 1. The maximum Gasteiger partial charge on any atom is 0.343 e. The predicted octanol–water partition coefficient (Wildman–Crippen LogP) is 5.07. The highest BCUT2D eigenvalue weighted by atomic mass is 35.5. The highest BCUT2D eigenvalue weighted by Gasteiger charge is 2.23. The Morgan fingerprint density at radius 1 is 1.10 bits per heavy atom. The van der Waals surface area contributed by atoms with Crippen LogP contribution in [0.4, 0.5) is 0 Å². The lowest BCUT2D eigenvalue weighted by Gasteiger charge is -2.06. The number of carbonyl (C=O) groups is 2. The molecule has 0 atom stereocenters. The second kappa shape index (κ2) is 8.34. The minimum absolute atomic E-state index is 0.135. The van der Waals surface area contributed by atoms with Gasteiger partial charge in [0.25, 0.3) is 0 Å². The van der Waals surface area contributed by atoms with Crippen LogP contribution in [0.1, 0.15) is 32.0 Å². The Kier molecular flexibility index (Phi) is 5.61. The van der Waals surface area contributed by atoms with Crippen molar-refractivity contribution in [1.82, 2.24) is 14.8 Å². The number of halogens is 2. The molecule has 2 aromatic carbocycles. The molecule has 1 N–H and O–H groups in total. The maximum absolute atomic E-state index is 12.6. The van der Waals surface area contributed by atoms with Crippen LogP contribution in [0.5, 0.6) is 0 Å². The number of hydrogen-bond acceptors (Lipinski definition) is 4. The summed E-state index contributed by atoms with van der Waals surface area (Å²) in [5.74, 6) is -1.01. The molecule has 4 rings (SSSR count). The van der Waals surface area contributed by atoms with Gasteiger partial charge in [-0.1, -0.05) is 59.6 Å². The van der Waals surface area contributed by atoms with E-state index in [1.165, 1.54) is 4.68 Å². The molecule has 0 amide bonds. The van der Waals surface area contributed by atoms with Gasteiger partial charge < -0.3 is 9.72 Å². The molecular formula is C22H17Cl2N3O3. The van der Waals surface area contributed by atoms with Crippen molar-refractivity contribution < 1.29 is 14.3 Å². The van der Waals surface area contributed by atoms with Gasteiger partial charge in [-0.15, -0.1) is 0 Å². The van der Waals surface area contributed by atoms with Crippen LogP contribution in [0.2, 0.25) is 10.2 Å². The van der Waals surface area contributed by atoms with Crippen LogP contribution < -0.4 is 0 Å². The first-order chi connectivity index (χ1) is 14.5. The van der Waals surface area contributed by atoms with E-state index in [1.54, 1.807) is 19.2 Å². The zero-order valence-corrected chi connectivity index (χ0v) is 17.5. The molecular weight excluding hydrogens is 425 g/mol. The van der Waals surface area contributed by atoms with E-state index in [1.807, 2.05) is 42.5 Å². The second-order valence-electron chi connectivity index (χ2n) is 6.75. The van der Waals surface area contributed by atoms with Gasteiger partial charge in [-0.25, -0.2) is 9.48 Å². The smallest absolute Gasteiger partial charge is 0.343 e. The zero-order chi connectivity index (χ0) is 21.3. The Bertz CT molecular complexity index is 1260. The van der Waals surface area contributed by atoms with Gasteiger partial charge in [-0.2, -0.15) is 5.10 Å². The van der Waals surface area contributed by atoms with E-state index in [2.05, 4.69) is 10.1 Å². The molecule has 6 nitrogen and oxygen atoms in total. The summed E-state index contributed by atoms with van der Waals surface area (Å²) < 4.78 is 6.73. The quantitative estimate of drug-likeness (QED) is 0.334. The van der Waals surface area contributed by atoms with Gasteiger partial charge in [0.2, 0.25) is 5.78 Å². The van der Waals surface area contributed by atoms with E-state index < -0.39 is 12.6 Å². The molecule has 0 aliphatic carbocycles. The fraction of sp³-hybridized carbons (Fsp3) is 0.136. The van der Waals surface area contributed by atoms with Crippen LogP contribution in [0.15, 0.2) is 54.7 Å². The van der Waals surface area contributed by atoms with Crippen LogP contribution in [-0.4, -0.2) is 33.1 Å². The lowest BCUT2D eigenvalue weighted by Crippen LogP contribution is -2.15. The van der Waals surface area contributed by atoms with Gasteiger partial charge in [-0.05, 0) is 24.6 Å². The molecule has 8 heteroatoms. The third kappa shape index (κ3) is 3.84. The number of aromatic nitrogens is 3. The molecule has 0 fully saturated rings. The number of nitrogens with one attached hydrogen (secondary N) is 1. The maximum atomic E-state index is 12.6. The molecule has 0 saturated carbocycles. The summed E-state index contributed by atoms with van der Waals surface area (Å²) in [4.78, 5) is 28.2. The van der Waals surface area contributed by atoms with Crippen LogP contribution in [0.25, 0.3) is 10.9 Å². The number of ether oxygens (including phenoxy) is 1. The standard InChI is InChI=1S/C22H17Cl2N3O3/c1-13-20(21(24)27(26-13)11-14-6-2-4-8-17(14)23)22(29)30-12-19(28)16-10-25-18-9-5-3-7-15(16)18/h2-10,25H,11-12H2,1H3. The summed E-state index contributed by atoms with van der Waals surface area (Å²) >= 11 is 12.6. The number of esters is 1. The van der Waals surface area contributed by atoms with Crippen molar-refractivity contribution in [3.63, 3.8) is 0 Å². The first-order valence-corrected chi connectivity index (χ1v) is 9.94. The van der Waals surface area contributed by atoms with E-state index in [9.17, 15) is 9.59 Å². The first-order valence-electron chi connectivity index (χ1n) is 9.18. The van der Waals surface area contributed by atoms with E-state index in [0.29, 0.717) is 22.8 Å². The van der Waals surface area contributed by atoms with Crippen LogP contribution in [0.3, 0.4) is 0 Å². The molecule has 0 aliphatic rings. The average Bonchev–Trinajstić information content (AvgIpc) is 3.28. The molecule has 152 valence electrons. The van der Waals surface area contributed by atoms with Crippen molar-refractivity contribution in [2.75, 3.05) is 6.61 Å². The number of fused-ring (bicyclic) bond motifs is 1. The van der Waals surface area contributed by atoms with Gasteiger partial charge in [0.05, 0.1) is 12.2 Å². The van der Waals surface area contributed by atoms with Gasteiger partial charge in [0, 0.05) is 27.7 Å². The number of nitrogens with zero attached hydrogens (tertiary/aromatic N) is 2. The lowest BCUT2D eigenvalue weighted by molar-refractivity contribution is 0.0474. The summed E-state index contributed by atoms with van der Waals surface area (Å²) in [5.41, 5.74) is 2.67. The highest BCUT2D eigenvalue weighted by Crippen LogP contribution is 2.24. The topological polar surface area (TPSA) is 77.0 Å². The first kappa shape index (κ1) is 20.2. The molecule has 0 radical (unpaired) electrons. The number of aromatic amines is 1. The summed E-state index contributed by atoms with van der Waals surface area (Å²) in [6, 6.07) is 14.7. The molecule has 0 bridgehead atoms. The minimum atomic E-state index is -0.698. The molecule has 30 heavy (non-hydrogen) atoms. The molecule has 0 spiro atoms. The van der Waals surface area contributed by atoms with E-state index >= 15 is 0 Å². The average molecular weight is 442 g/mol. The monoisotopic (exact) mass is 441 g/mol. The SMILES string of the molecule is Cc1nn(Cc2ccccc2Cl)c(Cl)c1C(=O)OCC(=O)c1c[nH]c2ccccc12. The van der Waals surface area contributed by atoms with Crippen molar-refractivity contribution >= 4 is 45.9 Å². The Morgan fingerprint density at radius 3 is 2.63 bits per heavy atom. The number of benzene rings is 2. The number of aryl methyl sites for hydroxylation is 1. The molecule has 2 aromatic heterocycles. The van der Waals surface area contributed by atoms with Crippen molar-refractivity contribution in [3.05, 3.63) is 87.3 Å². The molecule has 4 aromatic rings. The van der Waals surface area contributed by atoms with Crippen molar-refractivity contribution in [3.8, 4) is 0 Å². The second-order valence-corrected chi connectivity index (χ2v) is 7.51. The lowest BCUT2D eigenvalue weighted by atomic mass is 10.1. The summed E-state index contributed by atoms with van der Waals surface area (Å²) in [7, 11) is 0. The third-order valence-corrected chi connectivity index (χ3v) is 5.52. The Hall–Kier alpha value is -3.09. The highest BCUT2D eigenvalue weighted by molar-refractivity contribution is 6.33. The Morgan fingerprint density at radius 2 is 1.83 bits per heavy atom. The van der Waals surface area contributed by atoms with E-state index in [0.717, 1.165) is 16.5 Å². The number of H-pyrrole nitrogens is 1. The van der Waals surface area contributed by atoms with Gasteiger partial charge in [0.15, 0.2) is 6.61 Å². The Labute approximate surface area is 182 Å².